The quantitative estimate of drug-likeness (QED) is 0.625. The molecule has 0 aromatic rings. The van der Waals surface area contributed by atoms with Crippen LogP contribution in [0.2, 0.25) is 0 Å². The molecule has 0 spiro atoms. The lowest BCUT2D eigenvalue weighted by atomic mass is 9.95. The third-order valence-corrected chi connectivity index (χ3v) is 2.20. The van der Waals surface area contributed by atoms with Gasteiger partial charge in [0.25, 0.3) is 0 Å². The molecule has 0 aromatic heterocycles. The summed E-state index contributed by atoms with van der Waals surface area (Å²) < 4.78 is 0. The number of allylic oxidation sites excluding steroid dienone is 2. The van der Waals surface area contributed by atoms with Crippen LogP contribution < -0.4 is 0 Å². The number of hydrogen-bond donors (Lipinski definition) is 1. The highest BCUT2D eigenvalue weighted by Crippen LogP contribution is 2.21. The zero-order valence-corrected chi connectivity index (χ0v) is 8.01. The monoisotopic (exact) mass is 166 g/mol. The van der Waals surface area contributed by atoms with Gasteiger partial charge in [0.1, 0.15) is 0 Å². The second kappa shape index (κ2) is 4.46. The van der Waals surface area contributed by atoms with Gasteiger partial charge in [-0.15, -0.1) is 0 Å². The number of hydrogen-bond acceptors (Lipinski definition) is 1. The maximum absolute atomic E-state index is 9.70. The standard InChI is InChI=1S/C11H18O/c1-9(2)8-11(12)10-6-4-3-5-7-10/h6,8,11-12H,3-5,7H2,1-2H3. The summed E-state index contributed by atoms with van der Waals surface area (Å²) in [4.78, 5) is 0. The van der Waals surface area contributed by atoms with Crippen LogP contribution in [0, 0.1) is 0 Å². The minimum absolute atomic E-state index is 0.324. The van der Waals surface area contributed by atoms with Crippen LogP contribution in [-0.4, -0.2) is 11.2 Å². The number of rotatable bonds is 2. The van der Waals surface area contributed by atoms with E-state index in [4.69, 9.17) is 0 Å². The van der Waals surface area contributed by atoms with Crippen LogP contribution in [0.1, 0.15) is 39.5 Å². The molecule has 0 saturated carbocycles. The van der Waals surface area contributed by atoms with Gasteiger partial charge in [0.2, 0.25) is 0 Å². The lowest BCUT2D eigenvalue weighted by molar-refractivity contribution is 0.250. The Morgan fingerprint density at radius 2 is 2.25 bits per heavy atom. The molecule has 1 aliphatic rings. The van der Waals surface area contributed by atoms with Crippen molar-refractivity contribution in [2.45, 2.75) is 45.6 Å². The van der Waals surface area contributed by atoms with Crippen LogP contribution in [0.5, 0.6) is 0 Å². The van der Waals surface area contributed by atoms with Gasteiger partial charge in [0.15, 0.2) is 0 Å². The zero-order valence-electron chi connectivity index (χ0n) is 8.01. The van der Waals surface area contributed by atoms with E-state index in [-0.39, 0.29) is 6.10 Å². The summed E-state index contributed by atoms with van der Waals surface area (Å²) in [6, 6.07) is 0. The number of aliphatic hydroxyl groups is 1. The molecule has 1 nitrogen and oxygen atoms in total. The van der Waals surface area contributed by atoms with Gasteiger partial charge in [-0.2, -0.15) is 0 Å². The van der Waals surface area contributed by atoms with Crippen LogP contribution >= 0.6 is 0 Å². The van der Waals surface area contributed by atoms with Gasteiger partial charge < -0.3 is 5.11 Å². The highest BCUT2D eigenvalue weighted by Gasteiger charge is 2.10. The van der Waals surface area contributed by atoms with Gasteiger partial charge in [0.05, 0.1) is 6.10 Å². The Morgan fingerprint density at radius 1 is 1.50 bits per heavy atom. The van der Waals surface area contributed by atoms with Gasteiger partial charge in [-0.25, -0.2) is 0 Å². The SMILES string of the molecule is CC(C)=CC(O)C1=CCCCC1. The van der Waals surface area contributed by atoms with Crippen molar-refractivity contribution >= 4 is 0 Å². The fourth-order valence-electron chi connectivity index (χ4n) is 1.55. The Bertz CT molecular complexity index is 197. The van der Waals surface area contributed by atoms with Crippen molar-refractivity contribution in [2.75, 3.05) is 0 Å². The van der Waals surface area contributed by atoms with Crippen LogP contribution in [0.3, 0.4) is 0 Å². The Morgan fingerprint density at radius 3 is 2.75 bits per heavy atom. The van der Waals surface area contributed by atoms with Crippen molar-refractivity contribution in [3.63, 3.8) is 0 Å². The Balaban J connectivity index is 2.56. The molecule has 1 atom stereocenters. The Labute approximate surface area is 74.8 Å². The van der Waals surface area contributed by atoms with Crippen LogP contribution in [0.25, 0.3) is 0 Å². The second-order valence-corrected chi connectivity index (χ2v) is 3.71. The lowest BCUT2D eigenvalue weighted by Crippen LogP contribution is -2.09. The average Bonchev–Trinajstić information content (AvgIpc) is 2.05. The van der Waals surface area contributed by atoms with Gasteiger partial charge in [-0.05, 0) is 45.1 Å². The summed E-state index contributed by atoms with van der Waals surface area (Å²) in [6.07, 6.45) is 8.53. The maximum Gasteiger partial charge on any atom is 0.0934 e. The van der Waals surface area contributed by atoms with Gasteiger partial charge in [0, 0.05) is 0 Å². The van der Waals surface area contributed by atoms with Gasteiger partial charge in [-0.3, -0.25) is 0 Å². The first-order valence-corrected chi connectivity index (χ1v) is 4.72. The predicted octanol–water partition coefficient (Wildman–Crippen LogP) is 2.81. The highest BCUT2D eigenvalue weighted by molar-refractivity contribution is 5.18. The summed E-state index contributed by atoms with van der Waals surface area (Å²) in [6.45, 7) is 4.04. The smallest absolute Gasteiger partial charge is 0.0934 e. The maximum atomic E-state index is 9.70. The topological polar surface area (TPSA) is 20.2 Å². The van der Waals surface area contributed by atoms with Crippen LogP contribution in [0.4, 0.5) is 0 Å². The summed E-state index contributed by atoms with van der Waals surface area (Å²) in [7, 11) is 0. The first-order valence-electron chi connectivity index (χ1n) is 4.72. The lowest BCUT2D eigenvalue weighted by Gasteiger charge is -2.16. The summed E-state index contributed by atoms with van der Waals surface area (Å²) in [5, 5.41) is 9.70. The molecule has 0 aromatic carbocycles. The number of aliphatic hydroxyl groups excluding tert-OH is 1. The van der Waals surface area contributed by atoms with Crippen molar-refractivity contribution in [1.29, 1.82) is 0 Å². The Kier molecular flexibility index (Phi) is 3.54. The molecule has 0 saturated heterocycles. The molecule has 0 aliphatic heterocycles. The van der Waals surface area contributed by atoms with E-state index in [0.29, 0.717) is 0 Å². The third-order valence-electron chi connectivity index (χ3n) is 2.20. The first-order chi connectivity index (χ1) is 5.70. The van der Waals surface area contributed by atoms with E-state index in [1.807, 2.05) is 19.9 Å². The van der Waals surface area contributed by atoms with E-state index in [9.17, 15) is 5.11 Å². The van der Waals surface area contributed by atoms with Crippen LogP contribution in [-0.2, 0) is 0 Å². The van der Waals surface area contributed by atoms with Gasteiger partial charge in [-0.1, -0.05) is 17.7 Å². The van der Waals surface area contributed by atoms with Crippen molar-refractivity contribution < 1.29 is 5.11 Å². The molecule has 0 fully saturated rings. The summed E-state index contributed by atoms with van der Waals surface area (Å²) >= 11 is 0. The van der Waals surface area contributed by atoms with Crippen molar-refractivity contribution in [1.82, 2.24) is 0 Å². The minimum atomic E-state index is -0.324. The fraction of sp³-hybridized carbons (Fsp3) is 0.636. The largest absolute Gasteiger partial charge is 0.385 e. The molecular weight excluding hydrogens is 148 g/mol. The van der Waals surface area contributed by atoms with E-state index >= 15 is 0 Å². The van der Waals surface area contributed by atoms with Gasteiger partial charge >= 0.3 is 0 Å². The molecule has 0 bridgehead atoms. The average molecular weight is 166 g/mol. The molecule has 0 amide bonds. The second-order valence-electron chi connectivity index (χ2n) is 3.71. The third kappa shape index (κ3) is 2.82. The van der Waals surface area contributed by atoms with Crippen molar-refractivity contribution in [2.24, 2.45) is 0 Å². The van der Waals surface area contributed by atoms with Crippen molar-refractivity contribution in [3.05, 3.63) is 23.3 Å². The molecule has 1 heteroatoms. The first kappa shape index (κ1) is 9.53. The molecule has 1 N–H and O–H groups in total. The minimum Gasteiger partial charge on any atom is -0.385 e. The molecule has 0 heterocycles. The van der Waals surface area contributed by atoms with Crippen LogP contribution in [0.15, 0.2) is 23.3 Å². The molecule has 1 rings (SSSR count). The van der Waals surface area contributed by atoms with E-state index in [0.717, 1.165) is 12.8 Å². The predicted molar refractivity (Wildman–Crippen MR) is 52.0 cm³/mol. The molecule has 0 radical (unpaired) electrons. The molecule has 68 valence electrons. The molecule has 1 aliphatic carbocycles. The Hall–Kier alpha value is -0.560. The van der Waals surface area contributed by atoms with E-state index in [1.54, 1.807) is 0 Å². The fourth-order valence-corrected chi connectivity index (χ4v) is 1.55. The normalized spacial score (nSPS) is 19.8. The molecule has 12 heavy (non-hydrogen) atoms. The van der Waals surface area contributed by atoms with E-state index < -0.39 is 0 Å². The molecular formula is C11H18O. The van der Waals surface area contributed by atoms with Crippen molar-refractivity contribution in [3.8, 4) is 0 Å². The summed E-state index contributed by atoms with van der Waals surface area (Å²) in [5.74, 6) is 0. The summed E-state index contributed by atoms with van der Waals surface area (Å²) in [5.41, 5.74) is 2.40. The van der Waals surface area contributed by atoms with E-state index in [2.05, 4.69) is 6.08 Å². The molecule has 1 unspecified atom stereocenters. The van der Waals surface area contributed by atoms with E-state index in [1.165, 1.54) is 24.0 Å². The zero-order chi connectivity index (χ0) is 8.97. The highest BCUT2D eigenvalue weighted by atomic mass is 16.3.